The van der Waals surface area contributed by atoms with Crippen molar-refractivity contribution in [2.24, 2.45) is 0 Å². The zero-order valence-electron chi connectivity index (χ0n) is 13.9. The second-order valence-corrected chi connectivity index (χ2v) is 6.01. The van der Waals surface area contributed by atoms with Gasteiger partial charge >= 0.3 is 12.1 Å². The molecule has 2 aromatic carbocycles. The molecule has 1 amide bonds. The molecule has 0 aliphatic heterocycles. The van der Waals surface area contributed by atoms with E-state index in [0.717, 1.165) is 0 Å². The lowest BCUT2D eigenvalue weighted by Crippen LogP contribution is -2.41. The Morgan fingerprint density at radius 2 is 1.81 bits per heavy atom. The van der Waals surface area contributed by atoms with E-state index in [2.05, 4.69) is 5.32 Å². The number of carbonyl (C=O) groups is 3. The van der Waals surface area contributed by atoms with Gasteiger partial charge in [-0.15, -0.1) is 0 Å². The zero-order valence-corrected chi connectivity index (χ0v) is 14.6. The Labute approximate surface area is 155 Å². The van der Waals surface area contributed by atoms with Gasteiger partial charge in [-0.25, -0.2) is 9.59 Å². The number of ether oxygens (including phenoxy) is 1. The molecule has 0 heterocycles. The van der Waals surface area contributed by atoms with Crippen molar-refractivity contribution in [3.05, 3.63) is 70.7 Å². The Balaban J connectivity index is 1.84. The van der Waals surface area contributed by atoms with E-state index in [1.807, 2.05) is 0 Å². The summed E-state index contributed by atoms with van der Waals surface area (Å²) in [5, 5.41) is 12.0. The van der Waals surface area contributed by atoms with Gasteiger partial charge < -0.3 is 15.2 Å². The van der Waals surface area contributed by atoms with Crippen LogP contribution >= 0.6 is 11.6 Å². The molecule has 2 rings (SSSR count). The lowest BCUT2D eigenvalue weighted by atomic mass is 10.0. The van der Waals surface area contributed by atoms with Gasteiger partial charge in [0.15, 0.2) is 5.78 Å². The van der Waals surface area contributed by atoms with Gasteiger partial charge in [0.2, 0.25) is 0 Å². The van der Waals surface area contributed by atoms with Crippen LogP contribution in [0.15, 0.2) is 54.6 Å². The minimum absolute atomic E-state index is 0.00441. The van der Waals surface area contributed by atoms with Gasteiger partial charge in [0, 0.05) is 17.0 Å². The summed E-state index contributed by atoms with van der Waals surface area (Å²) >= 11 is 5.84. The molecule has 2 aromatic rings. The van der Waals surface area contributed by atoms with Crippen molar-refractivity contribution in [3.8, 4) is 0 Å². The number of carboxylic acid groups (broad SMARTS) is 1. The summed E-state index contributed by atoms with van der Waals surface area (Å²) in [6, 6.07) is 14.1. The Morgan fingerprint density at radius 3 is 2.46 bits per heavy atom. The van der Waals surface area contributed by atoms with Gasteiger partial charge in [-0.3, -0.25) is 4.79 Å². The third-order valence-corrected chi connectivity index (χ3v) is 3.84. The molecule has 0 aliphatic rings. The van der Waals surface area contributed by atoms with E-state index in [4.69, 9.17) is 16.3 Å². The number of aliphatic carboxylic acids is 1. The predicted molar refractivity (Wildman–Crippen MR) is 96.2 cm³/mol. The molecule has 0 spiro atoms. The molecular weight excluding hydrogens is 358 g/mol. The molecule has 0 aromatic heterocycles. The van der Waals surface area contributed by atoms with Gasteiger partial charge in [0.05, 0.1) is 0 Å². The summed E-state index contributed by atoms with van der Waals surface area (Å²) in [5.74, 6) is -1.42. The molecule has 0 bridgehead atoms. The highest BCUT2D eigenvalue weighted by atomic mass is 35.5. The SMILES string of the molecule is O=C(NC(CCC(=O)c1ccccc1)C(=O)O)OCc1cccc(Cl)c1. The number of benzene rings is 2. The van der Waals surface area contributed by atoms with Crippen molar-refractivity contribution in [2.45, 2.75) is 25.5 Å². The molecule has 0 radical (unpaired) electrons. The Bertz CT molecular complexity index is 779. The Morgan fingerprint density at radius 1 is 1.08 bits per heavy atom. The first-order chi connectivity index (χ1) is 12.5. The van der Waals surface area contributed by atoms with Gasteiger partial charge in [-0.2, -0.15) is 0 Å². The number of rotatable bonds is 8. The van der Waals surface area contributed by atoms with E-state index in [-0.39, 0.29) is 25.2 Å². The number of Topliss-reactive ketones (excluding diaryl/α,β-unsaturated/α-hetero) is 1. The van der Waals surface area contributed by atoms with Crippen molar-refractivity contribution in [1.82, 2.24) is 5.32 Å². The van der Waals surface area contributed by atoms with E-state index in [1.54, 1.807) is 54.6 Å². The number of nitrogens with one attached hydrogen (secondary N) is 1. The van der Waals surface area contributed by atoms with Gasteiger partial charge in [0.25, 0.3) is 0 Å². The second kappa shape index (κ2) is 9.58. The summed E-state index contributed by atoms with van der Waals surface area (Å²) in [6.07, 6.45) is -0.908. The fraction of sp³-hybridized carbons (Fsp3) is 0.211. The summed E-state index contributed by atoms with van der Waals surface area (Å²) in [7, 11) is 0. The Hall–Kier alpha value is -2.86. The predicted octanol–water partition coefficient (Wildman–Crippen LogP) is 3.68. The van der Waals surface area contributed by atoms with E-state index in [0.29, 0.717) is 16.1 Å². The minimum atomic E-state index is -1.23. The van der Waals surface area contributed by atoms with Crippen molar-refractivity contribution in [1.29, 1.82) is 0 Å². The van der Waals surface area contributed by atoms with Crippen LogP contribution in [-0.2, 0) is 16.1 Å². The highest BCUT2D eigenvalue weighted by Gasteiger charge is 2.22. The van der Waals surface area contributed by atoms with Gasteiger partial charge in [0.1, 0.15) is 12.6 Å². The van der Waals surface area contributed by atoms with Gasteiger partial charge in [-0.05, 0) is 24.1 Å². The van der Waals surface area contributed by atoms with Crippen LogP contribution in [-0.4, -0.2) is 29.0 Å². The average molecular weight is 376 g/mol. The standard InChI is InChI=1S/C19H18ClNO5/c20-15-8-4-5-13(11-15)12-26-19(25)21-16(18(23)24)9-10-17(22)14-6-2-1-3-7-14/h1-8,11,16H,9-10,12H2,(H,21,25)(H,23,24). The topological polar surface area (TPSA) is 92.7 Å². The number of carboxylic acids is 1. The quantitative estimate of drug-likeness (QED) is 0.686. The number of hydrogen-bond donors (Lipinski definition) is 2. The zero-order chi connectivity index (χ0) is 18.9. The summed E-state index contributed by atoms with van der Waals surface area (Å²) in [5.41, 5.74) is 1.18. The average Bonchev–Trinajstić information content (AvgIpc) is 2.63. The van der Waals surface area contributed by atoms with E-state index >= 15 is 0 Å². The number of hydrogen-bond acceptors (Lipinski definition) is 4. The number of amides is 1. The van der Waals surface area contributed by atoms with E-state index < -0.39 is 18.1 Å². The highest BCUT2D eigenvalue weighted by molar-refractivity contribution is 6.30. The molecule has 0 fully saturated rings. The molecule has 2 N–H and O–H groups in total. The molecule has 1 unspecified atom stereocenters. The molecule has 7 heteroatoms. The number of carbonyl (C=O) groups excluding carboxylic acids is 2. The first-order valence-electron chi connectivity index (χ1n) is 7.94. The van der Waals surface area contributed by atoms with Crippen molar-refractivity contribution in [3.63, 3.8) is 0 Å². The van der Waals surface area contributed by atoms with Crippen LogP contribution in [0.1, 0.15) is 28.8 Å². The smallest absolute Gasteiger partial charge is 0.408 e. The first-order valence-corrected chi connectivity index (χ1v) is 8.32. The normalized spacial score (nSPS) is 11.4. The molecule has 6 nitrogen and oxygen atoms in total. The summed E-state index contributed by atoms with van der Waals surface area (Å²) < 4.78 is 5.00. The summed E-state index contributed by atoms with van der Waals surface area (Å²) in [6.45, 7) is -0.0400. The van der Waals surface area contributed by atoms with Crippen LogP contribution in [0.3, 0.4) is 0 Å². The third kappa shape index (κ3) is 6.22. The van der Waals surface area contributed by atoms with Crippen LogP contribution in [0.5, 0.6) is 0 Å². The maximum atomic E-state index is 12.1. The first kappa shape index (κ1) is 19.5. The molecule has 0 aliphatic carbocycles. The number of ketones is 1. The van der Waals surface area contributed by atoms with Crippen LogP contribution in [0.25, 0.3) is 0 Å². The minimum Gasteiger partial charge on any atom is -0.480 e. The number of alkyl carbamates (subject to hydrolysis) is 1. The third-order valence-electron chi connectivity index (χ3n) is 3.60. The maximum absolute atomic E-state index is 12.1. The summed E-state index contributed by atoms with van der Waals surface area (Å²) in [4.78, 5) is 35.2. The van der Waals surface area contributed by atoms with Crippen LogP contribution < -0.4 is 5.32 Å². The lowest BCUT2D eigenvalue weighted by molar-refractivity contribution is -0.139. The molecule has 1 atom stereocenters. The molecule has 26 heavy (non-hydrogen) atoms. The molecule has 0 saturated carbocycles. The van der Waals surface area contributed by atoms with Gasteiger partial charge in [-0.1, -0.05) is 54.1 Å². The molecule has 0 saturated heterocycles. The van der Waals surface area contributed by atoms with Crippen LogP contribution in [0, 0.1) is 0 Å². The van der Waals surface area contributed by atoms with E-state index in [9.17, 15) is 19.5 Å². The van der Waals surface area contributed by atoms with E-state index in [1.165, 1.54) is 0 Å². The van der Waals surface area contributed by atoms with Crippen molar-refractivity contribution < 1.29 is 24.2 Å². The fourth-order valence-corrected chi connectivity index (χ4v) is 2.47. The monoisotopic (exact) mass is 375 g/mol. The lowest BCUT2D eigenvalue weighted by Gasteiger charge is -2.14. The van der Waals surface area contributed by atoms with Crippen LogP contribution in [0.4, 0.5) is 4.79 Å². The molecular formula is C19H18ClNO5. The number of halogens is 1. The van der Waals surface area contributed by atoms with Crippen molar-refractivity contribution >= 4 is 29.4 Å². The second-order valence-electron chi connectivity index (χ2n) is 5.57. The molecule has 136 valence electrons. The highest BCUT2D eigenvalue weighted by Crippen LogP contribution is 2.12. The van der Waals surface area contributed by atoms with Crippen molar-refractivity contribution in [2.75, 3.05) is 0 Å². The maximum Gasteiger partial charge on any atom is 0.408 e. The fourth-order valence-electron chi connectivity index (χ4n) is 2.26. The largest absolute Gasteiger partial charge is 0.480 e. The Kier molecular flexibility index (Phi) is 7.17. The van der Waals surface area contributed by atoms with Crippen LogP contribution in [0.2, 0.25) is 5.02 Å².